The molecule has 0 radical (unpaired) electrons. The van der Waals surface area contributed by atoms with E-state index in [9.17, 15) is 9.18 Å². The summed E-state index contributed by atoms with van der Waals surface area (Å²) in [6, 6.07) is 12.7. The molecule has 0 aliphatic carbocycles. The molecule has 104 valence electrons. The van der Waals surface area contributed by atoms with E-state index in [-0.39, 0.29) is 11.8 Å². The van der Waals surface area contributed by atoms with Crippen LogP contribution in [0.2, 0.25) is 0 Å². The lowest BCUT2D eigenvalue weighted by Crippen LogP contribution is -2.19. The molecule has 0 saturated heterocycles. The third kappa shape index (κ3) is 3.71. The van der Waals surface area contributed by atoms with Gasteiger partial charge in [-0.15, -0.1) is 0 Å². The molecule has 5 heteroatoms. The number of nitrogens with zero attached hydrogens (tertiary/aromatic N) is 1. The molecule has 4 nitrogen and oxygen atoms in total. The minimum Gasteiger partial charge on any atom is -0.378 e. The Kier molecular flexibility index (Phi) is 4.20. The minimum absolute atomic E-state index is 0.338. The first-order chi connectivity index (χ1) is 9.54. The maximum absolute atomic E-state index is 12.8. The van der Waals surface area contributed by atoms with E-state index in [0.29, 0.717) is 11.4 Å². The first-order valence-corrected chi connectivity index (χ1v) is 6.15. The molecule has 0 saturated carbocycles. The van der Waals surface area contributed by atoms with Crippen molar-refractivity contribution in [2.75, 3.05) is 29.6 Å². The van der Waals surface area contributed by atoms with Crippen molar-refractivity contribution >= 4 is 23.1 Å². The lowest BCUT2D eigenvalue weighted by atomic mass is 10.2. The van der Waals surface area contributed by atoms with Crippen molar-refractivity contribution in [3.63, 3.8) is 0 Å². The molecule has 0 spiro atoms. The topological polar surface area (TPSA) is 44.4 Å². The lowest BCUT2D eigenvalue weighted by molar-refractivity contribution is 0.262. The molecular formula is C15H16FN3O. The summed E-state index contributed by atoms with van der Waals surface area (Å²) in [5.41, 5.74) is 2.22. The number of benzene rings is 2. The highest BCUT2D eigenvalue weighted by molar-refractivity contribution is 5.99. The van der Waals surface area contributed by atoms with Gasteiger partial charge >= 0.3 is 6.03 Å². The van der Waals surface area contributed by atoms with E-state index in [1.165, 1.54) is 24.3 Å². The smallest absolute Gasteiger partial charge is 0.323 e. The molecule has 2 rings (SSSR count). The summed E-state index contributed by atoms with van der Waals surface area (Å²) in [6.45, 7) is 0. The molecule has 0 aromatic heterocycles. The second kappa shape index (κ2) is 6.06. The van der Waals surface area contributed by atoms with Crippen molar-refractivity contribution in [2.24, 2.45) is 0 Å². The maximum atomic E-state index is 12.8. The Bertz CT molecular complexity index is 596. The van der Waals surface area contributed by atoms with E-state index in [2.05, 4.69) is 10.6 Å². The van der Waals surface area contributed by atoms with E-state index in [4.69, 9.17) is 0 Å². The summed E-state index contributed by atoms with van der Waals surface area (Å²) in [6.07, 6.45) is 0. The van der Waals surface area contributed by atoms with Gasteiger partial charge in [0, 0.05) is 31.2 Å². The van der Waals surface area contributed by atoms with Crippen molar-refractivity contribution < 1.29 is 9.18 Å². The van der Waals surface area contributed by atoms with Gasteiger partial charge in [0.15, 0.2) is 0 Å². The summed E-state index contributed by atoms with van der Waals surface area (Å²) in [5.74, 6) is -0.338. The first-order valence-electron chi connectivity index (χ1n) is 6.15. The zero-order chi connectivity index (χ0) is 14.5. The molecule has 20 heavy (non-hydrogen) atoms. The van der Waals surface area contributed by atoms with Crippen molar-refractivity contribution in [1.29, 1.82) is 0 Å². The van der Waals surface area contributed by atoms with Gasteiger partial charge in [0.25, 0.3) is 0 Å². The van der Waals surface area contributed by atoms with Gasteiger partial charge in [-0.3, -0.25) is 0 Å². The standard InChI is InChI=1S/C15H16FN3O/c1-19(2)14-5-3-4-13(10-14)18-15(20)17-12-8-6-11(16)7-9-12/h3-10H,1-2H3,(H2,17,18,20). The summed E-state index contributed by atoms with van der Waals surface area (Å²) in [5, 5.41) is 5.37. The Labute approximate surface area is 117 Å². The summed E-state index contributed by atoms with van der Waals surface area (Å²) >= 11 is 0. The fraction of sp³-hybridized carbons (Fsp3) is 0.133. The van der Waals surface area contributed by atoms with Crippen LogP contribution in [0.5, 0.6) is 0 Å². The Hall–Kier alpha value is -2.56. The average Bonchev–Trinajstić information content (AvgIpc) is 2.41. The molecule has 0 aliphatic rings. The van der Waals surface area contributed by atoms with Crippen LogP contribution >= 0.6 is 0 Å². The van der Waals surface area contributed by atoms with Gasteiger partial charge in [-0.2, -0.15) is 0 Å². The number of rotatable bonds is 3. The minimum atomic E-state index is -0.368. The molecule has 2 N–H and O–H groups in total. The van der Waals surface area contributed by atoms with E-state index < -0.39 is 0 Å². The van der Waals surface area contributed by atoms with Crippen molar-refractivity contribution in [3.05, 3.63) is 54.3 Å². The number of hydrogen-bond acceptors (Lipinski definition) is 2. The predicted molar refractivity (Wildman–Crippen MR) is 79.8 cm³/mol. The highest BCUT2D eigenvalue weighted by atomic mass is 19.1. The third-order valence-corrected chi connectivity index (χ3v) is 2.72. The summed E-state index contributed by atoms with van der Waals surface area (Å²) in [4.78, 5) is 13.8. The Morgan fingerprint density at radius 2 is 1.65 bits per heavy atom. The molecule has 2 aromatic rings. The Balaban J connectivity index is 2.01. The molecule has 0 atom stereocenters. The number of carbonyl (C=O) groups excluding carboxylic acids is 1. The van der Waals surface area contributed by atoms with Crippen LogP contribution in [0.3, 0.4) is 0 Å². The van der Waals surface area contributed by atoms with Crippen LogP contribution in [0, 0.1) is 5.82 Å². The van der Waals surface area contributed by atoms with Gasteiger partial charge in [-0.1, -0.05) is 6.07 Å². The molecule has 2 aromatic carbocycles. The number of amides is 2. The van der Waals surface area contributed by atoms with Crippen LogP contribution in [-0.4, -0.2) is 20.1 Å². The average molecular weight is 273 g/mol. The summed E-state index contributed by atoms with van der Waals surface area (Å²) < 4.78 is 12.8. The molecule has 0 bridgehead atoms. The summed E-state index contributed by atoms with van der Waals surface area (Å²) in [7, 11) is 3.86. The van der Waals surface area contributed by atoms with Crippen molar-refractivity contribution in [1.82, 2.24) is 0 Å². The second-order valence-electron chi connectivity index (χ2n) is 4.53. The van der Waals surface area contributed by atoms with E-state index >= 15 is 0 Å². The van der Waals surface area contributed by atoms with Crippen LogP contribution in [0.15, 0.2) is 48.5 Å². The van der Waals surface area contributed by atoms with Crippen molar-refractivity contribution in [3.8, 4) is 0 Å². The highest BCUT2D eigenvalue weighted by Crippen LogP contribution is 2.17. The number of carbonyl (C=O) groups is 1. The largest absolute Gasteiger partial charge is 0.378 e. The van der Waals surface area contributed by atoms with Crippen LogP contribution in [-0.2, 0) is 0 Å². The van der Waals surface area contributed by atoms with Gasteiger partial charge in [0.2, 0.25) is 0 Å². The number of halogens is 1. The quantitative estimate of drug-likeness (QED) is 0.898. The first kappa shape index (κ1) is 13.9. The van der Waals surface area contributed by atoms with Gasteiger partial charge in [-0.05, 0) is 42.5 Å². The second-order valence-corrected chi connectivity index (χ2v) is 4.53. The van der Waals surface area contributed by atoms with Crippen LogP contribution in [0.25, 0.3) is 0 Å². The normalized spacial score (nSPS) is 9.95. The molecular weight excluding hydrogens is 257 g/mol. The Morgan fingerprint density at radius 3 is 2.30 bits per heavy atom. The number of urea groups is 1. The van der Waals surface area contributed by atoms with Crippen LogP contribution in [0.4, 0.5) is 26.2 Å². The van der Waals surface area contributed by atoms with Gasteiger partial charge in [0.1, 0.15) is 5.82 Å². The number of anilines is 3. The molecule has 0 unspecified atom stereocenters. The fourth-order valence-corrected chi connectivity index (χ4v) is 1.69. The maximum Gasteiger partial charge on any atom is 0.323 e. The van der Waals surface area contributed by atoms with Gasteiger partial charge in [-0.25, -0.2) is 9.18 Å². The SMILES string of the molecule is CN(C)c1cccc(NC(=O)Nc2ccc(F)cc2)c1. The molecule has 0 aliphatic heterocycles. The molecule has 2 amide bonds. The van der Waals surface area contributed by atoms with Crippen LogP contribution in [0.1, 0.15) is 0 Å². The van der Waals surface area contributed by atoms with Gasteiger partial charge < -0.3 is 15.5 Å². The van der Waals surface area contributed by atoms with E-state index in [1.807, 2.05) is 37.2 Å². The predicted octanol–water partition coefficient (Wildman–Crippen LogP) is 3.54. The van der Waals surface area contributed by atoms with Gasteiger partial charge in [0.05, 0.1) is 0 Å². The van der Waals surface area contributed by atoms with Crippen molar-refractivity contribution in [2.45, 2.75) is 0 Å². The molecule has 0 fully saturated rings. The zero-order valence-corrected chi connectivity index (χ0v) is 11.4. The number of hydrogen-bond donors (Lipinski definition) is 2. The molecule has 0 heterocycles. The Morgan fingerprint density at radius 1 is 1.00 bits per heavy atom. The monoisotopic (exact) mass is 273 g/mol. The fourth-order valence-electron chi connectivity index (χ4n) is 1.69. The third-order valence-electron chi connectivity index (χ3n) is 2.72. The van der Waals surface area contributed by atoms with E-state index in [0.717, 1.165) is 5.69 Å². The zero-order valence-electron chi connectivity index (χ0n) is 11.4. The number of nitrogens with one attached hydrogen (secondary N) is 2. The van der Waals surface area contributed by atoms with E-state index in [1.54, 1.807) is 6.07 Å². The highest BCUT2D eigenvalue weighted by Gasteiger charge is 2.04. The lowest BCUT2D eigenvalue weighted by Gasteiger charge is -2.14. The van der Waals surface area contributed by atoms with Crippen LogP contribution < -0.4 is 15.5 Å².